The molecule has 2 saturated heterocycles. The van der Waals surface area contributed by atoms with Crippen molar-refractivity contribution >= 4 is 44.8 Å². The van der Waals surface area contributed by atoms with E-state index in [0.717, 1.165) is 28.6 Å². The number of hydrogen-bond donors (Lipinski definition) is 1. The number of halogens is 3. The number of fused-ring (bicyclic) bond motifs is 1. The Morgan fingerprint density at radius 3 is 2.52 bits per heavy atom. The first-order valence-electron chi connectivity index (χ1n) is 9.13. The predicted molar refractivity (Wildman–Crippen MR) is 108 cm³/mol. The van der Waals surface area contributed by atoms with Crippen LogP contribution in [0.1, 0.15) is 22.5 Å². The Balaban J connectivity index is 1.43. The summed E-state index contributed by atoms with van der Waals surface area (Å²) in [6, 6.07) is 9.13. The van der Waals surface area contributed by atoms with Gasteiger partial charge in [-0.05, 0) is 35.7 Å². The van der Waals surface area contributed by atoms with Gasteiger partial charge in [0, 0.05) is 29.6 Å². The van der Waals surface area contributed by atoms with E-state index >= 15 is 0 Å². The molecule has 4 nitrogen and oxygen atoms in total. The SMILES string of the molecule is O=C1CCC2(CN(C(=O)c3sc4cc(-c5ccc(F)c(F)c5)ccc4c3Cl)C2)N1. The Labute approximate surface area is 174 Å². The number of nitrogens with zero attached hydrogens (tertiary/aromatic N) is 1. The second-order valence-electron chi connectivity index (χ2n) is 7.57. The van der Waals surface area contributed by atoms with Crippen molar-refractivity contribution in [3.63, 3.8) is 0 Å². The third kappa shape index (κ3) is 3.00. The van der Waals surface area contributed by atoms with E-state index in [1.54, 1.807) is 17.0 Å². The lowest BCUT2D eigenvalue weighted by Gasteiger charge is -2.47. The van der Waals surface area contributed by atoms with E-state index in [4.69, 9.17) is 11.6 Å². The molecule has 0 saturated carbocycles. The summed E-state index contributed by atoms with van der Waals surface area (Å²) in [6.07, 6.45) is 1.24. The summed E-state index contributed by atoms with van der Waals surface area (Å²) in [5, 5.41) is 4.10. The van der Waals surface area contributed by atoms with Crippen LogP contribution < -0.4 is 5.32 Å². The van der Waals surface area contributed by atoms with E-state index in [9.17, 15) is 18.4 Å². The second-order valence-corrected chi connectivity index (χ2v) is 9.00. The maximum absolute atomic E-state index is 13.6. The first kappa shape index (κ1) is 18.5. The summed E-state index contributed by atoms with van der Waals surface area (Å²) in [6.45, 7) is 0.977. The minimum absolute atomic E-state index is 0.0294. The van der Waals surface area contributed by atoms with Crippen LogP contribution in [-0.4, -0.2) is 35.3 Å². The highest BCUT2D eigenvalue weighted by atomic mass is 35.5. The molecule has 0 atom stereocenters. The van der Waals surface area contributed by atoms with Crippen molar-refractivity contribution in [3.8, 4) is 11.1 Å². The van der Waals surface area contributed by atoms with Gasteiger partial charge in [-0.25, -0.2) is 8.78 Å². The Morgan fingerprint density at radius 1 is 1.10 bits per heavy atom. The van der Waals surface area contributed by atoms with E-state index in [-0.39, 0.29) is 17.4 Å². The van der Waals surface area contributed by atoms with Crippen LogP contribution in [0, 0.1) is 11.6 Å². The summed E-state index contributed by atoms with van der Waals surface area (Å²) >= 11 is 7.76. The van der Waals surface area contributed by atoms with Crippen LogP contribution in [0.4, 0.5) is 8.78 Å². The number of nitrogens with one attached hydrogen (secondary N) is 1. The zero-order valence-electron chi connectivity index (χ0n) is 15.1. The molecule has 2 aliphatic rings. The second kappa shape index (κ2) is 6.50. The van der Waals surface area contributed by atoms with Crippen LogP contribution in [0.5, 0.6) is 0 Å². The summed E-state index contributed by atoms with van der Waals surface area (Å²) in [5.74, 6) is -1.93. The van der Waals surface area contributed by atoms with Crippen molar-refractivity contribution < 1.29 is 18.4 Å². The third-order valence-electron chi connectivity index (χ3n) is 5.59. The molecular weight excluding hydrogens is 418 g/mol. The van der Waals surface area contributed by atoms with Gasteiger partial charge >= 0.3 is 0 Å². The lowest BCUT2D eigenvalue weighted by atomic mass is 9.88. The van der Waals surface area contributed by atoms with E-state index in [1.807, 2.05) is 6.07 Å². The zero-order chi connectivity index (χ0) is 20.3. The lowest BCUT2D eigenvalue weighted by molar-refractivity contribution is -0.120. The molecule has 5 rings (SSSR count). The van der Waals surface area contributed by atoms with Crippen molar-refractivity contribution in [2.24, 2.45) is 0 Å². The van der Waals surface area contributed by atoms with Gasteiger partial charge in [-0.3, -0.25) is 9.59 Å². The molecule has 8 heteroatoms. The predicted octanol–water partition coefficient (Wildman–Crippen LogP) is 4.60. The van der Waals surface area contributed by atoms with Gasteiger partial charge in [-0.2, -0.15) is 0 Å². The summed E-state index contributed by atoms with van der Waals surface area (Å²) in [5.41, 5.74) is 0.977. The van der Waals surface area contributed by atoms with Crippen LogP contribution in [0.15, 0.2) is 36.4 Å². The quantitative estimate of drug-likeness (QED) is 0.643. The molecule has 29 heavy (non-hydrogen) atoms. The number of thiophene rings is 1. The summed E-state index contributed by atoms with van der Waals surface area (Å²) < 4.78 is 27.6. The fourth-order valence-electron chi connectivity index (χ4n) is 4.04. The van der Waals surface area contributed by atoms with Gasteiger partial charge in [0.25, 0.3) is 5.91 Å². The molecule has 0 radical (unpaired) electrons. The maximum Gasteiger partial charge on any atom is 0.265 e. The van der Waals surface area contributed by atoms with Gasteiger partial charge in [-0.1, -0.05) is 29.8 Å². The molecule has 0 aliphatic carbocycles. The Bertz CT molecular complexity index is 1190. The Hall–Kier alpha value is -2.51. The Kier molecular flexibility index (Phi) is 4.15. The average molecular weight is 433 g/mol. The van der Waals surface area contributed by atoms with Crippen molar-refractivity contribution in [2.45, 2.75) is 18.4 Å². The van der Waals surface area contributed by atoms with Gasteiger partial charge < -0.3 is 10.2 Å². The van der Waals surface area contributed by atoms with Crippen LogP contribution in [0.3, 0.4) is 0 Å². The smallest absolute Gasteiger partial charge is 0.265 e. The number of carbonyl (C=O) groups is 2. The highest BCUT2D eigenvalue weighted by molar-refractivity contribution is 7.21. The number of amides is 2. The number of hydrogen-bond acceptors (Lipinski definition) is 3. The van der Waals surface area contributed by atoms with E-state index in [2.05, 4.69) is 5.32 Å². The molecule has 1 N–H and O–H groups in total. The molecule has 2 aliphatic heterocycles. The molecule has 0 unspecified atom stereocenters. The molecule has 3 aromatic rings. The largest absolute Gasteiger partial charge is 0.347 e. The number of carbonyl (C=O) groups excluding carboxylic acids is 2. The fraction of sp³-hybridized carbons (Fsp3) is 0.238. The maximum atomic E-state index is 13.6. The van der Waals surface area contributed by atoms with Crippen LogP contribution >= 0.6 is 22.9 Å². The standard InChI is InChI=1S/C21H15ClF2N2O2S/c22-18-13-3-1-12(11-2-4-14(23)15(24)7-11)8-16(13)29-19(18)20(28)26-9-21(10-26)6-5-17(27)25-21/h1-4,7-8H,5-6,9-10H2,(H,25,27). The summed E-state index contributed by atoms with van der Waals surface area (Å²) in [4.78, 5) is 26.5. The fourth-order valence-corrected chi connectivity index (χ4v) is 5.56. The number of likely N-dealkylation sites (tertiary alicyclic amines) is 1. The first-order valence-corrected chi connectivity index (χ1v) is 10.3. The zero-order valence-corrected chi connectivity index (χ0v) is 16.7. The molecule has 2 aromatic carbocycles. The number of benzene rings is 2. The van der Waals surface area contributed by atoms with Crippen molar-refractivity contribution in [2.75, 3.05) is 13.1 Å². The monoisotopic (exact) mass is 432 g/mol. The van der Waals surface area contributed by atoms with Crippen molar-refractivity contribution in [3.05, 3.63) is 57.9 Å². The third-order valence-corrected chi connectivity index (χ3v) is 7.23. The molecule has 0 bridgehead atoms. The highest BCUT2D eigenvalue weighted by Gasteiger charge is 2.49. The van der Waals surface area contributed by atoms with Gasteiger partial charge in [0.15, 0.2) is 11.6 Å². The van der Waals surface area contributed by atoms with E-state index in [1.165, 1.54) is 17.4 Å². The molecule has 1 aromatic heterocycles. The normalized spacial score (nSPS) is 17.6. The molecule has 3 heterocycles. The number of rotatable bonds is 2. The van der Waals surface area contributed by atoms with Crippen LogP contribution in [-0.2, 0) is 4.79 Å². The molecule has 2 amide bonds. The van der Waals surface area contributed by atoms with E-state index < -0.39 is 11.6 Å². The average Bonchev–Trinajstić information content (AvgIpc) is 3.22. The topological polar surface area (TPSA) is 49.4 Å². The first-order chi connectivity index (χ1) is 13.8. The molecule has 1 spiro atoms. The minimum Gasteiger partial charge on any atom is -0.347 e. The van der Waals surface area contributed by atoms with Crippen molar-refractivity contribution in [1.82, 2.24) is 10.2 Å². The molecule has 148 valence electrons. The Morgan fingerprint density at radius 2 is 1.83 bits per heavy atom. The highest BCUT2D eigenvalue weighted by Crippen LogP contribution is 2.40. The van der Waals surface area contributed by atoms with Crippen LogP contribution in [0.2, 0.25) is 5.02 Å². The molecule has 2 fully saturated rings. The van der Waals surface area contributed by atoms with E-state index in [0.29, 0.717) is 40.5 Å². The minimum atomic E-state index is -0.909. The van der Waals surface area contributed by atoms with Crippen LogP contribution in [0.25, 0.3) is 21.2 Å². The van der Waals surface area contributed by atoms with Gasteiger partial charge in [0.05, 0.1) is 10.6 Å². The van der Waals surface area contributed by atoms with Gasteiger partial charge in [-0.15, -0.1) is 11.3 Å². The van der Waals surface area contributed by atoms with Gasteiger partial charge in [0.2, 0.25) is 5.91 Å². The summed E-state index contributed by atoms with van der Waals surface area (Å²) in [7, 11) is 0. The van der Waals surface area contributed by atoms with Gasteiger partial charge in [0.1, 0.15) is 4.88 Å². The van der Waals surface area contributed by atoms with Crippen molar-refractivity contribution in [1.29, 1.82) is 0 Å². The molecular formula is C21H15ClF2N2O2S. The lowest BCUT2D eigenvalue weighted by Crippen LogP contribution is -2.68.